The van der Waals surface area contributed by atoms with Gasteiger partial charge in [-0.1, -0.05) is 37.6 Å². The molecular weight excluding hydrogens is 218 g/mol. The number of hydrogen-bond acceptors (Lipinski definition) is 1. The lowest BCUT2D eigenvalue weighted by atomic mass is 9.79. The first kappa shape index (κ1) is 12.2. The number of benzene rings is 1. The molecule has 0 heterocycles. The molecule has 0 bridgehead atoms. The third-order valence-electron chi connectivity index (χ3n) is 4.67. The molecule has 0 aliphatic heterocycles. The third-order valence-corrected chi connectivity index (χ3v) is 4.67. The second-order valence-electron chi connectivity index (χ2n) is 6.21. The quantitative estimate of drug-likeness (QED) is 0.789. The van der Waals surface area contributed by atoms with Crippen molar-refractivity contribution in [2.75, 3.05) is 6.54 Å². The van der Waals surface area contributed by atoms with Crippen molar-refractivity contribution in [1.82, 2.24) is 5.32 Å². The highest BCUT2D eigenvalue weighted by Gasteiger charge is 2.21. The highest BCUT2D eigenvalue weighted by molar-refractivity contribution is 5.28. The summed E-state index contributed by atoms with van der Waals surface area (Å²) in [6, 6.07) is 10.3. The molecule has 1 atom stereocenters. The zero-order chi connectivity index (χ0) is 12.4. The maximum atomic E-state index is 3.61. The van der Waals surface area contributed by atoms with Crippen LogP contribution in [-0.2, 0) is 0 Å². The van der Waals surface area contributed by atoms with Crippen molar-refractivity contribution < 1.29 is 0 Å². The van der Waals surface area contributed by atoms with Crippen molar-refractivity contribution in [2.24, 2.45) is 0 Å². The van der Waals surface area contributed by atoms with Gasteiger partial charge in [0.15, 0.2) is 0 Å². The Morgan fingerprint density at radius 2 is 1.83 bits per heavy atom. The van der Waals surface area contributed by atoms with Crippen LogP contribution in [0.3, 0.4) is 0 Å². The summed E-state index contributed by atoms with van der Waals surface area (Å²) in [6.07, 6.45) is 8.28. The molecule has 1 nitrogen and oxygen atoms in total. The molecule has 2 aliphatic rings. The molecule has 2 aliphatic carbocycles. The Bertz CT molecular complexity index is 373. The molecule has 1 heteroatoms. The average Bonchev–Trinajstić information content (AvgIpc) is 3.12. The zero-order valence-electron chi connectivity index (χ0n) is 11.5. The van der Waals surface area contributed by atoms with Crippen LogP contribution in [0.5, 0.6) is 0 Å². The van der Waals surface area contributed by atoms with Crippen LogP contribution in [-0.4, -0.2) is 12.6 Å². The molecule has 2 fully saturated rings. The first-order chi connectivity index (χ1) is 8.83. The Balaban J connectivity index is 1.50. The molecule has 0 saturated heterocycles. The van der Waals surface area contributed by atoms with Crippen molar-refractivity contribution in [1.29, 1.82) is 0 Å². The fraction of sp³-hybridized carbons (Fsp3) is 0.647. The normalized spacial score (nSPS) is 21.6. The summed E-state index contributed by atoms with van der Waals surface area (Å²) < 4.78 is 0. The Hall–Kier alpha value is -0.820. The molecule has 0 radical (unpaired) electrons. The molecule has 2 saturated carbocycles. The minimum atomic E-state index is 0.687. The van der Waals surface area contributed by atoms with E-state index in [4.69, 9.17) is 0 Å². The molecule has 1 N–H and O–H groups in total. The largest absolute Gasteiger partial charge is 0.314 e. The molecule has 0 amide bonds. The van der Waals surface area contributed by atoms with Crippen molar-refractivity contribution in [2.45, 2.75) is 63.3 Å². The van der Waals surface area contributed by atoms with Gasteiger partial charge in [-0.2, -0.15) is 0 Å². The van der Waals surface area contributed by atoms with Crippen LogP contribution in [0.2, 0.25) is 0 Å². The van der Waals surface area contributed by atoms with Crippen LogP contribution in [0.1, 0.15) is 68.4 Å². The van der Waals surface area contributed by atoms with Gasteiger partial charge in [-0.25, -0.2) is 0 Å². The van der Waals surface area contributed by atoms with Crippen molar-refractivity contribution in [3.05, 3.63) is 35.4 Å². The third kappa shape index (κ3) is 2.95. The standard InChI is InChI=1S/C17H25N/c1-13(11-12-18-17-9-10-17)14-5-7-16(8-6-14)15-3-2-4-15/h5-8,13,15,17-18H,2-4,9-12H2,1H3. The predicted molar refractivity (Wildman–Crippen MR) is 77.1 cm³/mol. The second kappa shape index (κ2) is 5.44. The molecule has 1 aromatic rings. The van der Waals surface area contributed by atoms with Gasteiger partial charge in [-0.15, -0.1) is 0 Å². The number of hydrogen-bond donors (Lipinski definition) is 1. The first-order valence-corrected chi connectivity index (χ1v) is 7.66. The van der Waals surface area contributed by atoms with Gasteiger partial charge in [-0.05, 0) is 61.6 Å². The van der Waals surface area contributed by atoms with E-state index in [9.17, 15) is 0 Å². The lowest BCUT2D eigenvalue weighted by Crippen LogP contribution is -2.19. The smallest absolute Gasteiger partial charge is 0.00682 e. The van der Waals surface area contributed by atoms with E-state index in [1.54, 1.807) is 5.56 Å². The van der Waals surface area contributed by atoms with E-state index in [1.165, 1.54) is 50.6 Å². The Kier molecular flexibility index (Phi) is 3.69. The van der Waals surface area contributed by atoms with Crippen LogP contribution < -0.4 is 5.32 Å². The molecule has 3 rings (SSSR count). The summed E-state index contributed by atoms with van der Waals surface area (Å²) >= 11 is 0. The molecule has 98 valence electrons. The SMILES string of the molecule is CC(CCNC1CC1)c1ccc(C2CCC2)cc1. The highest BCUT2D eigenvalue weighted by atomic mass is 14.9. The Morgan fingerprint density at radius 3 is 2.39 bits per heavy atom. The summed E-state index contributed by atoms with van der Waals surface area (Å²) in [5.41, 5.74) is 3.07. The fourth-order valence-corrected chi connectivity index (χ4v) is 2.80. The van der Waals surface area contributed by atoms with E-state index < -0.39 is 0 Å². The van der Waals surface area contributed by atoms with E-state index in [2.05, 4.69) is 36.5 Å². The van der Waals surface area contributed by atoms with E-state index in [0.29, 0.717) is 5.92 Å². The van der Waals surface area contributed by atoms with E-state index in [0.717, 1.165) is 12.0 Å². The molecule has 1 unspecified atom stereocenters. The summed E-state index contributed by atoms with van der Waals surface area (Å²) in [7, 11) is 0. The van der Waals surface area contributed by atoms with E-state index >= 15 is 0 Å². The molecular formula is C17H25N. The van der Waals surface area contributed by atoms with Crippen molar-refractivity contribution in [3.63, 3.8) is 0 Å². The summed E-state index contributed by atoms with van der Waals surface area (Å²) in [6.45, 7) is 3.53. The summed E-state index contributed by atoms with van der Waals surface area (Å²) in [5, 5.41) is 3.61. The summed E-state index contributed by atoms with van der Waals surface area (Å²) in [4.78, 5) is 0. The summed E-state index contributed by atoms with van der Waals surface area (Å²) in [5.74, 6) is 1.55. The molecule has 18 heavy (non-hydrogen) atoms. The predicted octanol–water partition coefficient (Wildman–Crippen LogP) is 4.20. The van der Waals surface area contributed by atoms with Gasteiger partial charge in [-0.3, -0.25) is 0 Å². The molecule has 0 spiro atoms. The van der Waals surface area contributed by atoms with Crippen LogP contribution in [0, 0.1) is 0 Å². The topological polar surface area (TPSA) is 12.0 Å². The Morgan fingerprint density at radius 1 is 1.11 bits per heavy atom. The van der Waals surface area contributed by atoms with Gasteiger partial charge in [0.25, 0.3) is 0 Å². The molecule has 1 aromatic carbocycles. The van der Waals surface area contributed by atoms with Crippen LogP contribution in [0.4, 0.5) is 0 Å². The minimum Gasteiger partial charge on any atom is -0.314 e. The van der Waals surface area contributed by atoms with Gasteiger partial charge in [0, 0.05) is 6.04 Å². The maximum Gasteiger partial charge on any atom is 0.00682 e. The number of rotatable bonds is 6. The lowest BCUT2D eigenvalue weighted by Gasteiger charge is -2.26. The zero-order valence-corrected chi connectivity index (χ0v) is 11.5. The van der Waals surface area contributed by atoms with E-state index in [1.807, 2.05) is 0 Å². The van der Waals surface area contributed by atoms with Crippen molar-refractivity contribution >= 4 is 0 Å². The highest BCUT2D eigenvalue weighted by Crippen LogP contribution is 2.36. The van der Waals surface area contributed by atoms with Crippen molar-refractivity contribution in [3.8, 4) is 0 Å². The second-order valence-corrected chi connectivity index (χ2v) is 6.21. The monoisotopic (exact) mass is 243 g/mol. The molecule has 0 aromatic heterocycles. The van der Waals surface area contributed by atoms with Gasteiger partial charge in [0.2, 0.25) is 0 Å². The lowest BCUT2D eigenvalue weighted by molar-refractivity contribution is 0.419. The fourth-order valence-electron chi connectivity index (χ4n) is 2.80. The van der Waals surface area contributed by atoms with Gasteiger partial charge < -0.3 is 5.32 Å². The van der Waals surface area contributed by atoms with Gasteiger partial charge in [0.05, 0.1) is 0 Å². The Labute approximate surface area is 111 Å². The van der Waals surface area contributed by atoms with Crippen LogP contribution in [0.15, 0.2) is 24.3 Å². The van der Waals surface area contributed by atoms with Crippen LogP contribution in [0.25, 0.3) is 0 Å². The maximum absolute atomic E-state index is 3.61. The average molecular weight is 243 g/mol. The van der Waals surface area contributed by atoms with Gasteiger partial charge in [0.1, 0.15) is 0 Å². The van der Waals surface area contributed by atoms with E-state index in [-0.39, 0.29) is 0 Å². The van der Waals surface area contributed by atoms with Crippen LogP contribution >= 0.6 is 0 Å². The van der Waals surface area contributed by atoms with Gasteiger partial charge >= 0.3 is 0 Å². The number of nitrogens with one attached hydrogen (secondary N) is 1. The minimum absolute atomic E-state index is 0.687. The first-order valence-electron chi connectivity index (χ1n) is 7.66.